The highest BCUT2D eigenvalue weighted by atomic mass is 35.5. The Bertz CT molecular complexity index is 937. The molecular formula is C18H14Cl2N2O3S. The van der Waals surface area contributed by atoms with E-state index in [-0.39, 0.29) is 5.91 Å². The Morgan fingerprint density at radius 3 is 2.38 bits per heavy atom. The van der Waals surface area contributed by atoms with Crippen LogP contribution in [-0.4, -0.2) is 25.1 Å². The first kappa shape index (κ1) is 18.5. The number of amides is 1. The quantitative estimate of drug-likeness (QED) is 0.614. The van der Waals surface area contributed by atoms with Gasteiger partial charge in [-0.05, 0) is 30.3 Å². The second kappa shape index (κ2) is 7.95. The Morgan fingerprint density at radius 2 is 1.77 bits per heavy atom. The molecule has 1 heterocycles. The Balaban J connectivity index is 1.82. The van der Waals surface area contributed by atoms with Crippen LogP contribution in [0.2, 0.25) is 10.0 Å². The number of anilines is 1. The van der Waals surface area contributed by atoms with Gasteiger partial charge in [-0.15, -0.1) is 11.3 Å². The number of rotatable bonds is 5. The minimum absolute atomic E-state index is 0.315. The number of aromatic nitrogens is 1. The Hall–Kier alpha value is -2.28. The minimum Gasteiger partial charge on any atom is -0.497 e. The largest absolute Gasteiger partial charge is 0.497 e. The van der Waals surface area contributed by atoms with Crippen LogP contribution in [0.4, 0.5) is 5.13 Å². The number of hydrogen-bond donors (Lipinski definition) is 1. The van der Waals surface area contributed by atoms with E-state index < -0.39 is 0 Å². The van der Waals surface area contributed by atoms with Gasteiger partial charge < -0.3 is 9.47 Å². The predicted octanol–water partition coefficient (Wildman–Crippen LogP) is 5.39. The minimum atomic E-state index is -0.315. The highest BCUT2D eigenvalue weighted by Gasteiger charge is 2.14. The SMILES string of the molecule is COc1cc(OC)cc(C(=O)Nc2nc(-c3ccc(Cl)cc3Cl)cs2)c1. The summed E-state index contributed by atoms with van der Waals surface area (Å²) in [4.78, 5) is 16.9. The fraction of sp³-hybridized carbons (Fsp3) is 0.111. The maximum absolute atomic E-state index is 12.5. The molecule has 8 heteroatoms. The molecule has 3 rings (SSSR count). The van der Waals surface area contributed by atoms with Gasteiger partial charge >= 0.3 is 0 Å². The van der Waals surface area contributed by atoms with Crippen molar-refractivity contribution in [3.63, 3.8) is 0 Å². The number of nitrogens with one attached hydrogen (secondary N) is 1. The number of hydrogen-bond acceptors (Lipinski definition) is 5. The monoisotopic (exact) mass is 408 g/mol. The van der Waals surface area contributed by atoms with Gasteiger partial charge in [-0.1, -0.05) is 23.2 Å². The number of thiazole rings is 1. The van der Waals surface area contributed by atoms with Crippen LogP contribution in [0.15, 0.2) is 41.8 Å². The van der Waals surface area contributed by atoms with Crippen molar-refractivity contribution < 1.29 is 14.3 Å². The summed E-state index contributed by atoms with van der Waals surface area (Å²) in [6, 6.07) is 10.1. The van der Waals surface area contributed by atoms with E-state index in [0.29, 0.717) is 37.9 Å². The number of carbonyl (C=O) groups excluding carboxylic acids is 1. The van der Waals surface area contributed by atoms with Crippen molar-refractivity contribution in [3.05, 3.63) is 57.4 Å². The molecule has 0 fully saturated rings. The molecule has 1 N–H and O–H groups in total. The van der Waals surface area contributed by atoms with E-state index in [9.17, 15) is 4.79 Å². The third kappa shape index (κ3) is 4.09. The lowest BCUT2D eigenvalue weighted by Gasteiger charge is -2.08. The standard InChI is InChI=1S/C18H14Cl2N2O3S/c1-24-12-5-10(6-13(8-12)25-2)17(23)22-18-21-16(9-26-18)14-4-3-11(19)7-15(14)20/h3-9H,1-2H3,(H,21,22,23). The average Bonchev–Trinajstić information content (AvgIpc) is 3.09. The smallest absolute Gasteiger partial charge is 0.257 e. The van der Waals surface area contributed by atoms with Gasteiger partial charge in [0.05, 0.1) is 24.9 Å². The van der Waals surface area contributed by atoms with Crippen LogP contribution in [0, 0.1) is 0 Å². The third-order valence-electron chi connectivity index (χ3n) is 3.55. The van der Waals surface area contributed by atoms with E-state index in [1.165, 1.54) is 25.6 Å². The van der Waals surface area contributed by atoms with Crippen LogP contribution in [0.25, 0.3) is 11.3 Å². The van der Waals surface area contributed by atoms with Crippen molar-refractivity contribution in [1.82, 2.24) is 4.98 Å². The van der Waals surface area contributed by atoms with Crippen LogP contribution < -0.4 is 14.8 Å². The molecule has 1 amide bonds. The lowest BCUT2D eigenvalue weighted by Crippen LogP contribution is -2.12. The molecular weight excluding hydrogens is 395 g/mol. The fourth-order valence-corrected chi connectivity index (χ4v) is 3.47. The number of methoxy groups -OCH3 is 2. The Labute approximate surface area is 164 Å². The van der Waals surface area contributed by atoms with E-state index in [2.05, 4.69) is 10.3 Å². The molecule has 2 aromatic carbocycles. The Morgan fingerprint density at radius 1 is 1.08 bits per heavy atom. The van der Waals surface area contributed by atoms with Crippen LogP contribution in [0.5, 0.6) is 11.5 Å². The summed E-state index contributed by atoms with van der Waals surface area (Å²) in [5.41, 5.74) is 1.81. The zero-order valence-corrected chi connectivity index (χ0v) is 16.2. The second-order valence-electron chi connectivity index (χ2n) is 5.22. The molecule has 0 aliphatic rings. The molecule has 0 bridgehead atoms. The normalized spacial score (nSPS) is 10.5. The second-order valence-corrected chi connectivity index (χ2v) is 6.92. The highest BCUT2D eigenvalue weighted by Crippen LogP contribution is 2.32. The zero-order chi connectivity index (χ0) is 18.7. The molecule has 0 unspecified atom stereocenters. The van der Waals surface area contributed by atoms with Crippen molar-refractivity contribution >= 4 is 45.6 Å². The van der Waals surface area contributed by atoms with Crippen LogP contribution in [-0.2, 0) is 0 Å². The van der Waals surface area contributed by atoms with Crippen molar-refractivity contribution in [2.45, 2.75) is 0 Å². The van der Waals surface area contributed by atoms with E-state index in [1.54, 1.807) is 36.4 Å². The molecule has 0 aliphatic heterocycles. The topological polar surface area (TPSA) is 60.5 Å². The lowest BCUT2D eigenvalue weighted by molar-refractivity contribution is 0.102. The first-order valence-electron chi connectivity index (χ1n) is 7.45. The number of carbonyl (C=O) groups is 1. The highest BCUT2D eigenvalue weighted by molar-refractivity contribution is 7.14. The molecule has 0 saturated heterocycles. The fourth-order valence-electron chi connectivity index (χ4n) is 2.26. The molecule has 5 nitrogen and oxygen atoms in total. The van der Waals surface area contributed by atoms with Gasteiger partial charge in [-0.2, -0.15) is 0 Å². The summed E-state index contributed by atoms with van der Waals surface area (Å²) >= 11 is 13.4. The van der Waals surface area contributed by atoms with Gasteiger partial charge in [-0.25, -0.2) is 4.98 Å². The molecule has 0 spiro atoms. The molecule has 134 valence electrons. The van der Waals surface area contributed by atoms with E-state index in [0.717, 1.165) is 5.56 Å². The molecule has 3 aromatic rings. The van der Waals surface area contributed by atoms with Gasteiger partial charge in [0, 0.05) is 27.6 Å². The van der Waals surface area contributed by atoms with Crippen LogP contribution >= 0.6 is 34.5 Å². The van der Waals surface area contributed by atoms with E-state index in [1.807, 2.05) is 5.38 Å². The van der Waals surface area contributed by atoms with Gasteiger partial charge in [0.1, 0.15) is 11.5 Å². The first-order chi connectivity index (χ1) is 12.5. The van der Waals surface area contributed by atoms with Crippen molar-refractivity contribution in [3.8, 4) is 22.8 Å². The summed E-state index contributed by atoms with van der Waals surface area (Å²) in [6.45, 7) is 0. The molecule has 0 radical (unpaired) electrons. The molecule has 0 atom stereocenters. The van der Waals surface area contributed by atoms with Crippen LogP contribution in [0.3, 0.4) is 0 Å². The molecule has 0 aliphatic carbocycles. The number of ether oxygens (including phenoxy) is 2. The first-order valence-corrected chi connectivity index (χ1v) is 9.09. The van der Waals surface area contributed by atoms with Gasteiger partial charge in [-0.3, -0.25) is 10.1 Å². The molecule has 1 aromatic heterocycles. The summed E-state index contributed by atoms with van der Waals surface area (Å²) in [5.74, 6) is 0.745. The predicted molar refractivity (Wildman–Crippen MR) is 105 cm³/mol. The average molecular weight is 409 g/mol. The van der Waals surface area contributed by atoms with Gasteiger partial charge in [0.25, 0.3) is 5.91 Å². The number of nitrogens with zero attached hydrogens (tertiary/aromatic N) is 1. The number of benzene rings is 2. The summed E-state index contributed by atoms with van der Waals surface area (Å²) < 4.78 is 10.4. The maximum Gasteiger partial charge on any atom is 0.257 e. The molecule has 0 saturated carbocycles. The summed E-state index contributed by atoms with van der Waals surface area (Å²) in [7, 11) is 3.05. The molecule has 26 heavy (non-hydrogen) atoms. The third-order valence-corrected chi connectivity index (χ3v) is 4.85. The Kier molecular flexibility index (Phi) is 5.66. The summed E-state index contributed by atoms with van der Waals surface area (Å²) in [5, 5.41) is 6.09. The lowest BCUT2D eigenvalue weighted by atomic mass is 10.2. The van der Waals surface area contributed by atoms with Gasteiger partial charge in [0.15, 0.2) is 5.13 Å². The summed E-state index contributed by atoms with van der Waals surface area (Å²) in [6.07, 6.45) is 0. The maximum atomic E-state index is 12.5. The van der Waals surface area contributed by atoms with Crippen LogP contribution in [0.1, 0.15) is 10.4 Å². The number of halogens is 2. The van der Waals surface area contributed by atoms with E-state index in [4.69, 9.17) is 32.7 Å². The van der Waals surface area contributed by atoms with Crippen molar-refractivity contribution in [1.29, 1.82) is 0 Å². The van der Waals surface area contributed by atoms with E-state index >= 15 is 0 Å². The van der Waals surface area contributed by atoms with Crippen molar-refractivity contribution in [2.75, 3.05) is 19.5 Å². The zero-order valence-electron chi connectivity index (χ0n) is 13.9. The van der Waals surface area contributed by atoms with Crippen molar-refractivity contribution in [2.24, 2.45) is 0 Å². The van der Waals surface area contributed by atoms with Gasteiger partial charge in [0.2, 0.25) is 0 Å².